The third-order valence-corrected chi connectivity index (χ3v) is 10.5. The third-order valence-electron chi connectivity index (χ3n) is 10.5. The molecular weight excluding hydrogens is 801 g/mol. The number of nitrogens with zero attached hydrogens (tertiary/aromatic N) is 2. The van der Waals surface area contributed by atoms with Gasteiger partial charge in [0.2, 0.25) is 0 Å². The number of aliphatic hydroxyl groups excluding tert-OH is 1. The molecule has 0 aliphatic heterocycles. The van der Waals surface area contributed by atoms with Gasteiger partial charge in [-0.05, 0) is 49.3 Å². The first-order valence-electron chi connectivity index (χ1n) is 17.4. The van der Waals surface area contributed by atoms with Crippen LogP contribution in [0.3, 0.4) is 0 Å². The molecule has 1 radical (unpaired) electrons. The molecule has 0 fully saturated rings. The molecule has 0 aliphatic rings. The average molecular weight is 850 g/mol. The first-order valence-corrected chi connectivity index (χ1v) is 17.4. The standard InChI is InChI=1S/C28H21N2O2.C15H28O2.Ir/c1-28(2,3)22-13-20(12-17-6-4-5-7-21(17)22)26-27-18(8-10-29-26)14-25(32-27)23-15-24-19(16-30-23)9-11-31-24;1-7-14(5,8-2)12(16)11-13(17)15(6,9-3)10-4;/h4-11,13-16H,1-3H3;11,16H,7-10H2,1-6H3;/q-1;;/b;12-11-;. The van der Waals surface area contributed by atoms with Crippen molar-refractivity contribution in [3.8, 4) is 22.7 Å². The van der Waals surface area contributed by atoms with Crippen molar-refractivity contribution in [1.82, 2.24) is 9.97 Å². The topological polar surface area (TPSA) is 89.4 Å². The molecule has 6 aromatic rings. The number of aromatic nitrogens is 2. The normalized spacial score (nSPS) is 12.5. The summed E-state index contributed by atoms with van der Waals surface area (Å²) >= 11 is 0. The number of benzene rings is 2. The van der Waals surface area contributed by atoms with E-state index in [0.29, 0.717) is 5.76 Å². The molecule has 0 saturated carbocycles. The van der Waals surface area contributed by atoms with E-state index in [1.165, 1.54) is 17.0 Å². The van der Waals surface area contributed by atoms with E-state index in [9.17, 15) is 9.90 Å². The van der Waals surface area contributed by atoms with Crippen LogP contribution in [0.4, 0.5) is 0 Å². The van der Waals surface area contributed by atoms with Gasteiger partial charge in [-0.1, -0.05) is 91.5 Å². The number of carbonyl (C=O) groups is 1. The molecule has 0 amide bonds. The van der Waals surface area contributed by atoms with Gasteiger partial charge in [-0.3, -0.25) is 14.8 Å². The fourth-order valence-electron chi connectivity index (χ4n) is 5.93. The van der Waals surface area contributed by atoms with Gasteiger partial charge >= 0.3 is 0 Å². The van der Waals surface area contributed by atoms with Gasteiger partial charge in [0.1, 0.15) is 22.6 Å². The van der Waals surface area contributed by atoms with Crippen LogP contribution in [-0.2, 0) is 30.3 Å². The number of rotatable bonds is 9. The Balaban J connectivity index is 0.000000269. The maximum absolute atomic E-state index is 12.2. The van der Waals surface area contributed by atoms with Crippen LogP contribution in [0.2, 0.25) is 0 Å². The SMILES string of the molecule is CC(C)(C)c1cc(-c2nccc3cc(-c4cc5occc5cn4)oc23)[c-]c2ccccc12.CCC(C)(CC)C(=O)/C=C(\O)C(C)(CC)CC.[Ir]. The van der Waals surface area contributed by atoms with Crippen LogP contribution in [0.25, 0.3) is 55.4 Å². The van der Waals surface area contributed by atoms with Crippen LogP contribution in [0.1, 0.15) is 93.6 Å². The second-order valence-electron chi connectivity index (χ2n) is 14.5. The molecule has 7 heteroatoms. The Labute approximate surface area is 309 Å². The van der Waals surface area contributed by atoms with E-state index in [2.05, 4.69) is 56.1 Å². The van der Waals surface area contributed by atoms with E-state index in [0.717, 1.165) is 70.0 Å². The smallest absolute Gasteiger partial charge is 0.164 e. The number of fused-ring (bicyclic) bond motifs is 3. The Bertz CT molecular complexity index is 2120. The van der Waals surface area contributed by atoms with Crippen molar-refractivity contribution >= 4 is 38.5 Å². The van der Waals surface area contributed by atoms with Crippen molar-refractivity contribution in [3.63, 3.8) is 0 Å². The number of ketones is 1. The fraction of sp³-hybridized carbons (Fsp3) is 0.372. The Hall–Kier alpha value is -4.06. The minimum atomic E-state index is -0.337. The number of carbonyl (C=O) groups excluding carboxylic acids is 1. The van der Waals surface area contributed by atoms with Crippen LogP contribution in [0.5, 0.6) is 0 Å². The number of hydrogen-bond acceptors (Lipinski definition) is 6. The van der Waals surface area contributed by atoms with Crippen LogP contribution >= 0.6 is 0 Å². The first kappa shape index (κ1) is 38.7. The molecule has 0 spiro atoms. The molecule has 4 heterocycles. The Morgan fingerprint density at radius 3 is 2.20 bits per heavy atom. The predicted molar refractivity (Wildman–Crippen MR) is 201 cm³/mol. The van der Waals surface area contributed by atoms with Gasteiger partial charge in [0.15, 0.2) is 11.5 Å². The zero-order chi connectivity index (χ0) is 35.6. The van der Waals surface area contributed by atoms with E-state index >= 15 is 0 Å². The first-order chi connectivity index (χ1) is 23.3. The summed E-state index contributed by atoms with van der Waals surface area (Å²) < 4.78 is 11.9. The summed E-state index contributed by atoms with van der Waals surface area (Å²) in [5, 5.41) is 14.4. The fourth-order valence-corrected chi connectivity index (χ4v) is 5.93. The summed E-state index contributed by atoms with van der Waals surface area (Å²) in [6.45, 7) is 18.8. The van der Waals surface area contributed by atoms with Crippen LogP contribution in [-0.4, -0.2) is 20.9 Å². The second kappa shape index (κ2) is 15.4. The van der Waals surface area contributed by atoms with E-state index in [4.69, 9.17) is 13.8 Å². The van der Waals surface area contributed by atoms with Gasteiger partial charge in [0, 0.05) is 71.9 Å². The summed E-state index contributed by atoms with van der Waals surface area (Å²) in [5.41, 5.74) is 4.59. The van der Waals surface area contributed by atoms with Gasteiger partial charge in [0.25, 0.3) is 0 Å². The van der Waals surface area contributed by atoms with Gasteiger partial charge in [-0.2, -0.15) is 0 Å². The molecule has 50 heavy (non-hydrogen) atoms. The molecule has 265 valence electrons. The quantitative estimate of drug-likeness (QED) is 0.0885. The number of furan rings is 2. The van der Waals surface area contributed by atoms with Crippen molar-refractivity contribution in [3.05, 3.63) is 96.7 Å². The molecular formula is C43H49IrN2O4-. The molecule has 2 aromatic carbocycles. The summed E-state index contributed by atoms with van der Waals surface area (Å²) in [6.07, 6.45) is 10.0. The molecule has 0 atom stereocenters. The molecule has 6 nitrogen and oxygen atoms in total. The molecule has 0 bridgehead atoms. The molecule has 6 rings (SSSR count). The zero-order valence-electron chi connectivity index (χ0n) is 30.7. The Morgan fingerprint density at radius 1 is 0.860 bits per heavy atom. The van der Waals surface area contributed by atoms with Crippen molar-refractivity contribution in [1.29, 1.82) is 0 Å². The van der Waals surface area contributed by atoms with Crippen LogP contribution in [0, 0.1) is 16.9 Å². The van der Waals surface area contributed by atoms with Crippen molar-refractivity contribution < 1.29 is 38.8 Å². The zero-order valence-corrected chi connectivity index (χ0v) is 33.1. The number of aliphatic hydroxyl groups is 1. The van der Waals surface area contributed by atoms with Crippen molar-refractivity contribution in [2.75, 3.05) is 0 Å². The van der Waals surface area contributed by atoms with E-state index in [1.54, 1.807) is 12.5 Å². The van der Waals surface area contributed by atoms with E-state index < -0.39 is 0 Å². The summed E-state index contributed by atoms with van der Waals surface area (Å²) in [7, 11) is 0. The van der Waals surface area contributed by atoms with Gasteiger partial charge < -0.3 is 13.9 Å². The maximum atomic E-state index is 12.2. The van der Waals surface area contributed by atoms with Crippen LogP contribution in [0.15, 0.2) is 93.9 Å². The van der Waals surface area contributed by atoms with Crippen LogP contribution < -0.4 is 0 Å². The number of allylic oxidation sites excluding steroid dienone is 2. The molecule has 0 saturated heterocycles. The predicted octanol–water partition coefficient (Wildman–Crippen LogP) is 12.2. The summed E-state index contributed by atoms with van der Waals surface area (Å²) in [6, 6.07) is 21.9. The van der Waals surface area contributed by atoms with E-state index in [-0.39, 0.29) is 47.9 Å². The molecule has 1 N–H and O–H groups in total. The van der Waals surface area contributed by atoms with E-state index in [1.807, 2.05) is 78.1 Å². The van der Waals surface area contributed by atoms with Gasteiger partial charge in [0.05, 0.1) is 6.26 Å². The minimum absolute atomic E-state index is 0. The van der Waals surface area contributed by atoms with Crippen molar-refractivity contribution in [2.45, 2.75) is 93.4 Å². The number of hydrogen-bond donors (Lipinski definition) is 1. The Kier molecular flexibility index (Phi) is 12.0. The van der Waals surface area contributed by atoms with Gasteiger partial charge in [-0.15, -0.1) is 29.1 Å². The molecule has 0 unspecified atom stereocenters. The summed E-state index contributed by atoms with van der Waals surface area (Å²) in [4.78, 5) is 21.4. The molecule has 4 aromatic heterocycles. The van der Waals surface area contributed by atoms with Crippen molar-refractivity contribution in [2.24, 2.45) is 10.8 Å². The largest absolute Gasteiger partial charge is 0.512 e. The summed E-state index contributed by atoms with van der Waals surface area (Å²) in [5.74, 6) is 0.970. The number of pyridine rings is 2. The minimum Gasteiger partial charge on any atom is -0.512 e. The Morgan fingerprint density at radius 2 is 1.54 bits per heavy atom. The molecule has 0 aliphatic carbocycles. The monoisotopic (exact) mass is 850 g/mol. The maximum Gasteiger partial charge on any atom is 0.164 e. The average Bonchev–Trinajstić information content (AvgIpc) is 3.77. The van der Waals surface area contributed by atoms with Gasteiger partial charge in [-0.25, -0.2) is 0 Å². The third kappa shape index (κ3) is 7.80. The second-order valence-corrected chi connectivity index (χ2v) is 14.5.